The highest BCUT2D eigenvalue weighted by Gasteiger charge is 2.50. The molecule has 8 atom stereocenters. The molecule has 43 heavy (non-hydrogen) atoms. The fourth-order valence-electron chi connectivity index (χ4n) is 4.94. The number of nitrogens with two attached hydrogens (primary N) is 1. The zero-order chi connectivity index (χ0) is 30.5. The first-order valence-electron chi connectivity index (χ1n) is 12.5. The van der Waals surface area contributed by atoms with Gasteiger partial charge in [0, 0.05) is 13.5 Å². The summed E-state index contributed by atoms with van der Waals surface area (Å²) in [5.74, 6) is 0.139. The molecule has 2 fully saturated rings. The second kappa shape index (κ2) is 11.8. The quantitative estimate of drug-likeness (QED) is 0.115. The number of nitrogens with zero attached hydrogens (tertiary/aromatic N) is 7. The molecule has 0 aromatic carbocycles. The van der Waals surface area contributed by atoms with E-state index in [-0.39, 0.29) is 11.3 Å². The fourth-order valence-corrected chi connectivity index (χ4v) is 7.14. The van der Waals surface area contributed by atoms with E-state index in [0.717, 1.165) is 0 Å². The summed E-state index contributed by atoms with van der Waals surface area (Å²) in [6.07, 6.45) is 0.265. The number of nitrogen functional groups attached to an aromatic ring is 1. The minimum atomic E-state index is -4.23. The van der Waals surface area contributed by atoms with Crippen LogP contribution in [0.15, 0.2) is 30.1 Å². The van der Waals surface area contributed by atoms with E-state index in [2.05, 4.69) is 42.2 Å². The molecule has 19 nitrogen and oxygen atoms in total. The summed E-state index contributed by atoms with van der Waals surface area (Å²) < 4.78 is 49.2. The van der Waals surface area contributed by atoms with Crippen molar-refractivity contribution < 1.29 is 42.1 Å². The van der Waals surface area contributed by atoms with Crippen molar-refractivity contribution in [3.63, 3.8) is 0 Å². The highest BCUT2D eigenvalue weighted by Crippen LogP contribution is 2.53. The zero-order valence-electron chi connectivity index (χ0n) is 22.0. The van der Waals surface area contributed by atoms with Gasteiger partial charge in [-0.05, 0) is 18.2 Å². The lowest BCUT2D eigenvalue weighted by Gasteiger charge is -2.28. The molecule has 6 rings (SSSR count). The van der Waals surface area contributed by atoms with Gasteiger partial charge in [-0.3, -0.25) is 27.5 Å². The number of methoxy groups -OCH3 is 1. The lowest BCUT2D eigenvalue weighted by Crippen LogP contribution is -2.37. The van der Waals surface area contributed by atoms with E-state index in [4.69, 9.17) is 45.3 Å². The summed E-state index contributed by atoms with van der Waals surface area (Å²) in [5, 5.41) is 0. The van der Waals surface area contributed by atoms with E-state index >= 15 is 0 Å². The van der Waals surface area contributed by atoms with Crippen LogP contribution in [0.2, 0.25) is 0 Å². The first-order valence-corrected chi connectivity index (χ1v) is 17.8. The Balaban J connectivity index is 1.21. The van der Waals surface area contributed by atoms with Crippen LogP contribution in [0.1, 0.15) is 25.3 Å². The zero-order valence-corrected chi connectivity index (χ0v) is 25.5. The van der Waals surface area contributed by atoms with E-state index < -0.39 is 62.7 Å². The first kappa shape index (κ1) is 30.6. The fraction of sp³-hybridized carbons (Fsp3) is 0.500. The molecule has 0 saturated carbocycles. The van der Waals surface area contributed by atoms with E-state index in [1.807, 2.05) is 0 Å². The number of ether oxygens (including phenoxy) is 3. The Labute approximate surface area is 251 Å². The Morgan fingerprint density at radius 1 is 1.09 bits per heavy atom. The van der Waals surface area contributed by atoms with Crippen LogP contribution < -0.4 is 11.3 Å². The molecule has 2 saturated heterocycles. The number of aromatic nitrogens is 8. The Morgan fingerprint density at radius 3 is 2.60 bits per heavy atom. The van der Waals surface area contributed by atoms with E-state index in [0.29, 0.717) is 29.7 Å². The SMILES string of the molecule is CO[C@@H]1[C@H](OP(O)(=S)O[C@@H]2CC[C@H](n3cnc4c(=O)[nH]cnc43)O2)[C@@H](COP(=O)(O)S)O[C@H]1n1cnc2c(N)ncnc21. The third-order valence-corrected chi connectivity index (χ3v) is 9.12. The van der Waals surface area contributed by atoms with Crippen molar-refractivity contribution >= 4 is 65.7 Å². The maximum absolute atomic E-state index is 12.0. The average Bonchev–Trinajstić information content (AvgIpc) is 3.72. The number of anilines is 1. The van der Waals surface area contributed by atoms with Crippen molar-refractivity contribution in [3.8, 4) is 0 Å². The van der Waals surface area contributed by atoms with Gasteiger partial charge in [0.25, 0.3) is 5.56 Å². The normalized spacial score (nSPS) is 28.8. The van der Waals surface area contributed by atoms with Crippen molar-refractivity contribution in [2.45, 2.75) is 49.9 Å². The van der Waals surface area contributed by atoms with Crippen molar-refractivity contribution in [1.29, 1.82) is 0 Å². The smallest absolute Gasteiger partial charge is 0.382 e. The number of H-pyrrole nitrogens is 1. The highest BCUT2D eigenvalue weighted by molar-refractivity contribution is 8.44. The van der Waals surface area contributed by atoms with Crippen molar-refractivity contribution in [3.05, 3.63) is 35.7 Å². The van der Waals surface area contributed by atoms with Gasteiger partial charge in [-0.1, -0.05) is 12.2 Å². The molecule has 0 amide bonds. The summed E-state index contributed by atoms with van der Waals surface area (Å²) >= 11 is 8.88. The third kappa shape index (κ3) is 6.26. The average molecular weight is 678 g/mol. The molecule has 4 aromatic rings. The molecule has 6 heterocycles. The molecule has 23 heteroatoms. The number of hydrogen-bond donors (Lipinski definition) is 5. The third-order valence-electron chi connectivity index (χ3n) is 6.77. The van der Waals surface area contributed by atoms with Gasteiger partial charge in [-0.2, -0.15) is 0 Å². The van der Waals surface area contributed by atoms with E-state index in [1.165, 1.54) is 37.0 Å². The lowest BCUT2D eigenvalue weighted by molar-refractivity contribution is -0.108. The molecule has 5 N–H and O–H groups in total. The Kier molecular flexibility index (Phi) is 8.44. The summed E-state index contributed by atoms with van der Waals surface area (Å²) in [4.78, 5) is 55.8. The molecule has 232 valence electrons. The van der Waals surface area contributed by atoms with Crippen LogP contribution >= 0.6 is 25.8 Å². The highest BCUT2D eigenvalue weighted by atomic mass is 32.7. The monoisotopic (exact) mass is 677 g/mol. The van der Waals surface area contributed by atoms with Gasteiger partial charge in [0.1, 0.15) is 36.4 Å². The van der Waals surface area contributed by atoms with Gasteiger partial charge in [0.05, 0.1) is 25.6 Å². The number of fused-ring (bicyclic) bond motifs is 2. The molecule has 2 aliphatic rings. The standard InChI is InChI=1S/C20H25N9O10P2S2/c1-34-15-14(9(4-35-40(31,32)42)36-20(15)29-8-26-12-16(21)22-5-23-17(12)29)39-41(33,43)38-11-3-2-10(37-11)28-7-27-13-18(28)24-6-25-19(13)30/h5-11,14-15,20H,2-4H2,1H3,(H,33,43)(H2,21,22,23)(H,24,25,30)(H2,31,32,42)/t9-,10-,11-,14-,15-,20-,41?/m1/s1. The minimum absolute atomic E-state index is 0.139. The van der Waals surface area contributed by atoms with Crippen LogP contribution in [0.25, 0.3) is 22.3 Å². The first-order chi connectivity index (χ1) is 20.4. The predicted molar refractivity (Wildman–Crippen MR) is 153 cm³/mol. The topological polar surface area (TPSA) is 246 Å². The van der Waals surface area contributed by atoms with E-state index in [9.17, 15) is 19.1 Å². The van der Waals surface area contributed by atoms with Gasteiger partial charge >= 0.3 is 13.5 Å². The molecule has 4 aromatic heterocycles. The van der Waals surface area contributed by atoms with Crippen molar-refractivity contribution in [2.24, 2.45) is 0 Å². The van der Waals surface area contributed by atoms with Crippen LogP contribution in [-0.2, 0) is 44.2 Å². The predicted octanol–water partition coefficient (Wildman–Crippen LogP) is 0.755. The van der Waals surface area contributed by atoms with E-state index in [1.54, 1.807) is 4.57 Å². The number of nitrogens with one attached hydrogen (secondary N) is 1. The van der Waals surface area contributed by atoms with Gasteiger partial charge in [-0.15, -0.1) is 0 Å². The number of imidazole rings is 2. The second-order valence-electron chi connectivity index (χ2n) is 9.43. The second-order valence-corrected chi connectivity index (χ2v) is 14.9. The van der Waals surface area contributed by atoms with Gasteiger partial charge < -0.3 is 34.7 Å². The summed E-state index contributed by atoms with van der Waals surface area (Å²) in [5.41, 5.74) is 6.61. The van der Waals surface area contributed by atoms with Crippen LogP contribution in [0.5, 0.6) is 0 Å². The Bertz CT molecular complexity index is 1800. The number of aromatic amines is 1. The molecular formula is C20H25N9O10P2S2. The molecule has 0 aliphatic carbocycles. The summed E-state index contributed by atoms with van der Waals surface area (Å²) in [7, 11) is 1.37. The summed E-state index contributed by atoms with van der Waals surface area (Å²) in [6.45, 7) is -8.80. The molecule has 0 bridgehead atoms. The maximum Gasteiger partial charge on any atom is 0.383 e. The van der Waals surface area contributed by atoms with Gasteiger partial charge in [0.15, 0.2) is 35.1 Å². The lowest BCUT2D eigenvalue weighted by atomic mass is 10.1. The van der Waals surface area contributed by atoms with Gasteiger partial charge in [0.2, 0.25) is 0 Å². The van der Waals surface area contributed by atoms with Crippen molar-refractivity contribution in [2.75, 3.05) is 19.5 Å². The Hall–Kier alpha value is -2.39. The minimum Gasteiger partial charge on any atom is -0.382 e. The van der Waals surface area contributed by atoms with Crippen molar-refractivity contribution in [1.82, 2.24) is 39.0 Å². The van der Waals surface area contributed by atoms with Crippen LogP contribution in [0.4, 0.5) is 5.82 Å². The molecular weight excluding hydrogens is 652 g/mol. The largest absolute Gasteiger partial charge is 0.383 e. The number of thiol groups is 1. The van der Waals surface area contributed by atoms with Gasteiger partial charge in [-0.25, -0.2) is 29.5 Å². The molecule has 2 unspecified atom stereocenters. The summed E-state index contributed by atoms with van der Waals surface area (Å²) in [6, 6.07) is 0. The molecule has 0 spiro atoms. The van der Waals surface area contributed by atoms with Crippen LogP contribution in [0.3, 0.4) is 0 Å². The van der Waals surface area contributed by atoms with Crippen LogP contribution in [-0.4, -0.2) is 87.1 Å². The Morgan fingerprint density at radius 2 is 1.84 bits per heavy atom. The molecule has 0 radical (unpaired) electrons. The maximum atomic E-state index is 12.0. The van der Waals surface area contributed by atoms with Crippen LogP contribution in [0, 0.1) is 0 Å². The molecule has 2 aliphatic heterocycles. The number of rotatable bonds is 10. The number of hydrogen-bond acceptors (Lipinski definition) is 15.